The number of carbonyl (C=O) groups excluding carboxylic acids is 2. The maximum Gasteiger partial charge on any atom is 0.337 e. The topological polar surface area (TPSA) is 68.5 Å². The molecule has 1 aliphatic carbocycles. The molecule has 0 radical (unpaired) electrons. The number of methoxy groups -OCH3 is 1. The van der Waals surface area contributed by atoms with Gasteiger partial charge in [-0.25, -0.2) is 4.79 Å². The van der Waals surface area contributed by atoms with Crippen molar-refractivity contribution in [3.8, 4) is 0 Å². The Kier molecular flexibility index (Phi) is 5.22. The Morgan fingerprint density at radius 2 is 1.92 bits per heavy atom. The quantitative estimate of drug-likeness (QED) is 0.783. The molecule has 1 fully saturated rings. The summed E-state index contributed by atoms with van der Waals surface area (Å²) in [6.45, 7) is 2.65. The van der Waals surface area contributed by atoms with Crippen LogP contribution in [-0.2, 0) is 22.5 Å². The van der Waals surface area contributed by atoms with Gasteiger partial charge in [0.15, 0.2) is 0 Å². The van der Waals surface area contributed by atoms with Crippen LogP contribution in [-0.4, -0.2) is 19.0 Å². The van der Waals surface area contributed by atoms with Gasteiger partial charge in [0.05, 0.1) is 12.7 Å². The Morgan fingerprint density at radius 1 is 1.20 bits per heavy atom. The van der Waals surface area contributed by atoms with Crippen LogP contribution >= 0.6 is 0 Å². The first-order valence-electron chi connectivity index (χ1n) is 8.59. The molecule has 1 N–H and O–H groups in total. The lowest BCUT2D eigenvalue weighted by molar-refractivity contribution is -0.121. The Labute approximate surface area is 147 Å². The van der Waals surface area contributed by atoms with Crippen LogP contribution in [0.3, 0.4) is 0 Å². The van der Waals surface area contributed by atoms with Gasteiger partial charge in [-0.1, -0.05) is 19.1 Å². The molecule has 1 aliphatic rings. The van der Waals surface area contributed by atoms with Gasteiger partial charge in [-0.15, -0.1) is 0 Å². The van der Waals surface area contributed by atoms with Crippen molar-refractivity contribution in [2.75, 3.05) is 7.11 Å². The van der Waals surface area contributed by atoms with E-state index in [4.69, 9.17) is 4.42 Å². The predicted octanol–water partition coefficient (Wildman–Crippen LogP) is 3.44. The van der Waals surface area contributed by atoms with E-state index >= 15 is 0 Å². The number of hydrogen-bond donors (Lipinski definition) is 1. The van der Waals surface area contributed by atoms with Crippen molar-refractivity contribution in [2.45, 2.75) is 38.6 Å². The van der Waals surface area contributed by atoms with Crippen LogP contribution in [0.2, 0.25) is 0 Å². The highest BCUT2D eigenvalue weighted by Gasteiger charge is 2.36. The number of furan rings is 1. The highest BCUT2D eigenvalue weighted by atomic mass is 16.5. The van der Waals surface area contributed by atoms with Crippen LogP contribution < -0.4 is 5.32 Å². The lowest BCUT2D eigenvalue weighted by atomic mass is 10.1. The number of aryl methyl sites for hydroxylation is 1. The first kappa shape index (κ1) is 17.3. The predicted molar refractivity (Wildman–Crippen MR) is 93.2 cm³/mol. The number of hydrogen-bond acceptors (Lipinski definition) is 4. The van der Waals surface area contributed by atoms with E-state index in [2.05, 4.69) is 17.0 Å². The molecular formula is C20H23NO4. The molecule has 132 valence electrons. The summed E-state index contributed by atoms with van der Waals surface area (Å²) in [6, 6.07) is 11.0. The fraction of sp³-hybridized carbons (Fsp3) is 0.400. The Hall–Kier alpha value is -2.56. The van der Waals surface area contributed by atoms with E-state index in [0.717, 1.165) is 17.1 Å². The van der Waals surface area contributed by atoms with E-state index in [1.165, 1.54) is 13.5 Å². The molecule has 1 heterocycles. The maximum atomic E-state index is 12.0. The minimum absolute atomic E-state index is 0.0187. The number of nitrogens with one attached hydrogen (secondary N) is 1. The lowest BCUT2D eigenvalue weighted by Gasteiger charge is -2.06. The zero-order valence-electron chi connectivity index (χ0n) is 14.6. The highest BCUT2D eigenvalue weighted by Crippen LogP contribution is 2.47. The van der Waals surface area contributed by atoms with Crippen molar-refractivity contribution < 1.29 is 18.7 Å². The van der Waals surface area contributed by atoms with Crippen molar-refractivity contribution in [1.29, 1.82) is 0 Å². The normalized spacial score (nSPS) is 18.6. The second kappa shape index (κ2) is 7.55. The van der Waals surface area contributed by atoms with Gasteiger partial charge in [-0.05, 0) is 42.2 Å². The van der Waals surface area contributed by atoms with Gasteiger partial charge in [0, 0.05) is 25.3 Å². The van der Waals surface area contributed by atoms with Gasteiger partial charge >= 0.3 is 5.97 Å². The number of amides is 1. The molecule has 5 nitrogen and oxygen atoms in total. The summed E-state index contributed by atoms with van der Waals surface area (Å²) in [7, 11) is 1.35. The molecule has 3 rings (SSSR count). The summed E-state index contributed by atoms with van der Waals surface area (Å²) in [5.74, 6) is 2.81. The Morgan fingerprint density at radius 3 is 2.56 bits per heavy atom. The number of benzene rings is 1. The third-order valence-corrected chi connectivity index (χ3v) is 4.62. The maximum absolute atomic E-state index is 12.0. The van der Waals surface area contributed by atoms with E-state index in [9.17, 15) is 9.59 Å². The second-order valence-corrected chi connectivity index (χ2v) is 6.59. The standard InChI is InChI=1S/C20H23NO4/c1-13-11-17(13)18-9-7-16(25-18)8-10-19(22)21-12-14-3-5-15(6-4-14)20(23)24-2/h3-7,9,13,17H,8,10-12H2,1-2H3,(H,21,22). The van der Waals surface area contributed by atoms with E-state index < -0.39 is 0 Å². The lowest BCUT2D eigenvalue weighted by Crippen LogP contribution is -2.23. The van der Waals surface area contributed by atoms with Gasteiger partial charge in [-0.3, -0.25) is 4.79 Å². The minimum atomic E-state index is -0.367. The average molecular weight is 341 g/mol. The zero-order chi connectivity index (χ0) is 17.8. The van der Waals surface area contributed by atoms with Crippen molar-refractivity contribution >= 4 is 11.9 Å². The van der Waals surface area contributed by atoms with E-state index in [0.29, 0.717) is 36.8 Å². The summed E-state index contributed by atoms with van der Waals surface area (Å²) in [5, 5.41) is 2.88. The first-order chi connectivity index (χ1) is 12.1. The summed E-state index contributed by atoms with van der Waals surface area (Å²) in [4.78, 5) is 23.4. The fourth-order valence-corrected chi connectivity index (χ4v) is 2.85. The summed E-state index contributed by atoms with van der Waals surface area (Å²) >= 11 is 0. The van der Waals surface area contributed by atoms with E-state index in [-0.39, 0.29) is 11.9 Å². The van der Waals surface area contributed by atoms with Crippen molar-refractivity contribution in [3.63, 3.8) is 0 Å². The SMILES string of the molecule is COC(=O)c1ccc(CNC(=O)CCc2ccc(C3CC3C)o2)cc1. The molecule has 1 aromatic carbocycles. The van der Waals surface area contributed by atoms with Crippen LogP contribution in [0.4, 0.5) is 0 Å². The van der Waals surface area contributed by atoms with Crippen LogP contribution in [0, 0.1) is 5.92 Å². The summed E-state index contributed by atoms with van der Waals surface area (Å²) in [6.07, 6.45) is 2.20. The second-order valence-electron chi connectivity index (χ2n) is 6.59. The number of esters is 1. The average Bonchev–Trinajstić information content (AvgIpc) is 3.18. The zero-order valence-corrected chi connectivity index (χ0v) is 14.6. The third kappa shape index (κ3) is 4.50. The third-order valence-electron chi connectivity index (χ3n) is 4.62. The molecule has 0 bridgehead atoms. The van der Waals surface area contributed by atoms with Crippen LogP contribution in [0.5, 0.6) is 0 Å². The van der Waals surface area contributed by atoms with Gasteiger partial charge in [0.1, 0.15) is 11.5 Å². The van der Waals surface area contributed by atoms with Crippen LogP contribution in [0.25, 0.3) is 0 Å². The monoisotopic (exact) mass is 341 g/mol. The molecule has 2 aromatic rings. The smallest absolute Gasteiger partial charge is 0.337 e. The van der Waals surface area contributed by atoms with Crippen LogP contribution in [0.1, 0.15) is 53.1 Å². The molecule has 0 spiro atoms. The van der Waals surface area contributed by atoms with Crippen molar-refractivity contribution in [1.82, 2.24) is 5.32 Å². The highest BCUT2D eigenvalue weighted by molar-refractivity contribution is 5.89. The number of rotatable bonds is 7. The van der Waals surface area contributed by atoms with Crippen molar-refractivity contribution in [2.24, 2.45) is 5.92 Å². The van der Waals surface area contributed by atoms with Crippen LogP contribution in [0.15, 0.2) is 40.8 Å². The molecule has 2 unspecified atom stereocenters. The van der Waals surface area contributed by atoms with Gasteiger partial charge < -0.3 is 14.5 Å². The van der Waals surface area contributed by atoms with E-state index in [1.807, 2.05) is 24.3 Å². The molecule has 0 aliphatic heterocycles. The van der Waals surface area contributed by atoms with Crippen molar-refractivity contribution in [3.05, 3.63) is 59.0 Å². The van der Waals surface area contributed by atoms with Gasteiger partial charge in [0.25, 0.3) is 0 Å². The largest absolute Gasteiger partial charge is 0.466 e. The Balaban J connectivity index is 1.42. The molecule has 1 saturated carbocycles. The molecule has 0 saturated heterocycles. The Bertz CT molecular complexity index is 747. The van der Waals surface area contributed by atoms with Gasteiger partial charge in [0.2, 0.25) is 5.91 Å². The fourth-order valence-electron chi connectivity index (χ4n) is 2.85. The molecule has 5 heteroatoms. The minimum Gasteiger partial charge on any atom is -0.466 e. The number of ether oxygens (including phenoxy) is 1. The summed E-state index contributed by atoms with van der Waals surface area (Å²) in [5.41, 5.74) is 1.43. The van der Waals surface area contributed by atoms with Gasteiger partial charge in [-0.2, -0.15) is 0 Å². The molecule has 25 heavy (non-hydrogen) atoms. The first-order valence-corrected chi connectivity index (χ1v) is 8.59. The number of carbonyl (C=O) groups is 2. The molecular weight excluding hydrogens is 318 g/mol. The molecule has 1 aromatic heterocycles. The molecule has 2 atom stereocenters. The van der Waals surface area contributed by atoms with E-state index in [1.54, 1.807) is 12.1 Å². The summed E-state index contributed by atoms with van der Waals surface area (Å²) < 4.78 is 10.5. The molecule has 1 amide bonds.